The number of alkyl halides is 1. The number of imidazole rings is 1. The fraction of sp³-hybridized carbons (Fsp3) is 0.643. The number of aryl methyl sites for hydroxylation is 2. The van der Waals surface area contributed by atoms with E-state index in [-0.39, 0.29) is 17.8 Å². The van der Waals surface area contributed by atoms with Crippen LogP contribution in [0.5, 0.6) is 0 Å². The van der Waals surface area contributed by atoms with Crippen LogP contribution in [0.15, 0.2) is 0 Å². The van der Waals surface area contributed by atoms with Crippen LogP contribution in [0.1, 0.15) is 37.7 Å². The molecule has 0 aliphatic heterocycles. The highest BCUT2D eigenvalue weighted by molar-refractivity contribution is 6.20. The normalized spacial score (nSPS) is 12.9. The summed E-state index contributed by atoms with van der Waals surface area (Å²) in [6, 6.07) is 0. The van der Waals surface area contributed by atoms with Crippen molar-refractivity contribution in [1.82, 2.24) is 24.2 Å². The van der Waals surface area contributed by atoms with Gasteiger partial charge >= 0.3 is 0 Å². The molecule has 0 spiro atoms. The Balaban J connectivity index is 2.50. The summed E-state index contributed by atoms with van der Waals surface area (Å²) in [5.41, 5.74) is 2.50. The largest absolute Gasteiger partial charge is 0.342 e. The lowest BCUT2D eigenvalue weighted by Crippen LogP contribution is -2.34. The summed E-state index contributed by atoms with van der Waals surface area (Å²) in [4.78, 5) is 18.8. The first-order chi connectivity index (χ1) is 9.90. The summed E-state index contributed by atoms with van der Waals surface area (Å²) in [6.07, 6.45) is 0. The van der Waals surface area contributed by atoms with E-state index in [0.717, 1.165) is 16.9 Å². The molecule has 21 heavy (non-hydrogen) atoms. The van der Waals surface area contributed by atoms with Crippen molar-refractivity contribution >= 4 is 28.7 Å². The van der Waals surface area contributed by atoms with E-state index in [0.29, 0.717) is 18.9 Å². The van der Waals surface area contributed by atoms with E-state index in [1.54, 1.807) is 9.58 Å². The first-order valence-corrected chi connectivity index (χ1v) is 7.65. The van der Waals surface area contributed by atoms with Gasteiger partial charge in [-0.1, -0.05) is 0 Å². The Morgan fingerprint density at radius 3 is 2.52 bits per heavy atom. The number of likely N-dealkylation sites (N-methyl/N-ethyl adjacent to an activating group) is 1. The average Bonchev–Trinajstić information content (AvgIpc) is 2.91. The van der Waals surface area contributed by atoms with Crippen LogP contribution in [0.4, 0.5) is 0 Å². The molecule has 7 heteroatoms. The van der Waals surface area contributed by atoms with Crippen LogP contribution in [0.2, 0.25) is 0 Å². The summed E-state index contributed by atoms with van der Waals surface area (Å²) < 4.78 is 3.64. The molecule has 0 aromatic carbocycles. The minimum absolute atomic E-state index is 0.0664. The third-order valence-electron chi connectivity index (χ3n) is 3.68. The van der Waals surface area contributed by atoms with Gasteiger partial charge in [0.15, 0.2) is 5.65 Å². The molecule has 0 aliphatic carbocycles. The summed E-state index contributed by atoms with van der Waals surface area (Å²) in [5.74, 6) is 0.778. The highest BCUT2D eigenvalue weighted by Gasteiger charge is 2.22. The van der Waals surface area contributed by atoms with E-state index < -0.39 is 0 Å². The van der Waals surface area contributed by atoms with Crippen LogP contribution in [-0.2, 0) is 18.4 Å². The first-order valence-electron chi connectivity index (χ1n) is 7.22. The van der Waals surface area contributed by atoms with Gasteiger partial charge in [-0.05, 0) is 27.7 Å². The lowest BCUT2D eigenvalue weighted by molar-refractivity contribution is -0.131. The van der Waals surface area contributed by atoms with E-state index in [4.69, 9.17) is 11.6 Å². The van der Waals surface area contributed by atoms with E-state index in [1.807, 2.05) is 39.3 Å². The molecular formula is C14H22ClN5O. The fourth-order valence-electron chi connectivity index (χ4n) is 2.62. The van der Waals surface area contributed by atoms with Crippen molar-refractivity contribution in [2.24, 2.45) is 7.05 Å². The Morgan fingerprint density at radius 2 is 2.00 bits per heavy atom. The maximum atomic E-state index is 12.4. The number of carbonyl (C=O) groups is 1. The number of nitrogens with zero attached hydrogens (tertiary/aromatic N) is 5. The quantitative estimate of drug-likeness (QED) is 0.796. The summed E-state index contributed by atoms with van der Waals surface area (Å²) in [7, 11) is 1.86. The topological polar surface area (TPSA) is 56.0 Å². The molecule has 2 aromatic heterocycles. The van der Waals surface area contributed by atoms with Gasteiger partial charge < -0.3 is 9.47 Å². The zero-order valence-corrected chi connectivity index (χ0v) is 14.0. The van der Waals surface area contributed by atoms with Gasteiger partial charge in [-0.15, -0.1) is 11.6 Å². The van der Waals surface area contributed by atoms with Crippen molar-refractivity contribution in [3.05, 3.63) is 11.5 Å². The minimum atomic E-state index is -0.263. The number of hydrogen-bond acceptors (Lipinski definition) is 3. The third kappa shape index (κ3) is 2.77. The lowest BCUT2D eigenvalue weighted by atomic mass is 10.4. The van der Waals surface area contributed by atoms with Gasteiger partial charge in [-0.3, -0.25) is 9.48 Å². The Kier molecular flexibility index (Phi) is 4.56. The molecule has 0 saturated heterocycles. The first kappa shape index (κ1) is 15.8. The number of fused-ring (bicyclic) bond motifs is 1. The Bertz CT molecular complexity index is 654. The second kappa shape index (κ2) is 6.05. The highest BCUT2D eigenvalue weighted by Crippen LogP contribution is 2.26. The number of halogens is 1. The van der Waals surface area contributed by atoms with Crippen LogP contribution < -0.4 is 0 Å². The molecular weight excluding hydrogens is 290 g/mol. The van der Waals surface area contributed by atoms with Gasteiger partial charge in [0.1, 0.15) is 17.9 Å². The van der Waals surface area contributed by atoms with Gasteiger partial charge in [-0.25, -0.2) is 4.98 Å². The molecule has 1 unspecified atom stereocenters. The third-order valence-corrected chi connectivity index (χ3v) is 3.88. The zero-order chi connectivity index (χ0) is 15.7. The monoisotopic (exact) mass is 311 g/mol. The fourth-order valence-corrected chi connectivity index (χ4v) is 2.79. The molecule has 2 rings (SSSR count). The van der Waals surface area contributed by atoms with Gasteiger partial charge in [0.25, 0.3) is 0 Å². The molecule has 2 heterocycles. The van der Waals surface area contributed by atoms with Crippen LogP contribution >= 0.6 is 11.6 Å². The van der Waals surface area contributed by atoms with Crippen LogP contribution in [0.25, 0.3) is 11.2 Å². The van der Waals surface area contributed by atoms with Crippen molar-refractivity contribution in [2.45, 2.75) is 39.6 Å². The zero-order valence-electron chi connectivity index (χ0n) is 13.2. The van der Waals surface area contributed by atoms with Crippen LogP contribution in [0, 0.1) is 6.92 Å². The molecule has 2 aromatic rings. The Hall–Kier alpha value is -1.56. The number of carbonyl (C=O) groups excluding carboxylic acids is 1. The molecule has 116 valence electrons. The van der Waals surface area contributed by atoms with E-state index in [2.05, 4.69) is 10.1 Å². The molecule has 0 bridgehead atoms. The van der Waals surface area contributed by atoms with Crippen molar-refractivity contribution in [3.8, 4) is 0 Å². The Labute approximate surface area is 129 Å². The van der Waals surface area contributed by atoms with E-state index in [9.17, 15) is 4.79 Å². The minimum Gasteiger partial charge on any atom is -0.342 e. The molecule has 6 nitrogen and oxygen atoms in total. The predicted octanol–water partition coefficient (Wildman–Crippen LogP) is 2.25. The summed E-state index contributed by atoms with van der Waals surface area (Å²) >= 11 is 6.23. The van der Waals surface area contributed by atoms with Crippen molar-refractivity contribution in [1.29, 1.82) is 0 Å². The SMILES string of the molecule is CCN(CC)C(=O)Cn1c(C(C)Cl)nc2c(C)nn(C)c21. The second-order valence-corrected chi connectivity index (χ2v) is 5.77. The van der Waals surface area contributed by atoms with E-state index >= 15 is 0 Å². The molecule has 0 radical (unpaired) electrons. The molecule has 0 aliphatic rings. The number of hydrogen-bond donors (Lipinski definition) is 0. The molecule has 0 fully saturated rings. The maximum absolute atomic E-state index is 12.4. The average molecular weight is 312 g/mol. The predicted molar refractivity (Wildman–Crippen MR) is 83.4 cm³/mol. The van der Waals surface area contributed by atoms with Crippen molar-refractivity contribution < 1.29 is 4.79 Å². The number of rotatable bonds is 5. The van der Waals surface area contributed by atoms with E-state index in [1.165, 1.54) is 0 Å². The summed E-state index contributed by atoms with van der Waals surface area (Å²) in [5, 5.41) is 4.11. The standard InChI is InChI=1S/C14H22ClN5O/c1-6-19(7-2)11(21)8-20-13(9(3)15)16-12-10(4)17-18(5)14(12)20/h9H,6-8H2,1-5H3. The molecule has 1 amide bonds. The number of amides is 1. The Morgan fingerprint density at radius 1 is 1.38 bits per heavy atom. The lowest BCUT2D eigenvalue weighted by Gasteiger charge is -2.20. The van der Waals surface area contributed by atoms with Gasteiger partial charge in [0, 0.05) is 20.1 Å². The van der Waals surface area contributed by atoms with Crippen LogP contribution in [-0.4, -0.2) is 43.2 Å². The maximum Gasteiger partial charge on any atom is 0.242 e. The van der Waals surface area contributed by atoms with Crippen molar-refractivity contribution in [2.75, 3.05) is 13.1 Å². The smallest absolute Gasteiger partial charge is 0.242 e. The number of aromatic nitrogens is 4. The van der Waals surface area contributed by atoms with Crippen LogP contribution in [0.3, 0.4) is 0 Å². The summed E-state index contributed by atoms with van der Waals surface area (Å²) in [6.45, 7) is 9.36. The van der Waals surface area contributed by atoms with Gasteiger partial charge in [0.2, 0.25) is 5.91 Å². The molecule has 0 N–H and O–H groups in total. The van der Waals surface area contributed by atoms with Gasteiger partial charge in [-0.2, -0.15) is 5.10 Å². The van der Waals surface area contributed by atoms with Gasteiger partial charge in [0.05, 0.1) is 11.1 Å². The second-order valence-electron chi connectivity index (χ2n) is 5.12. The molecule has 1 atom stereocenters. The van der Waals surface area contributed by atoms with Crippen molar-refractivity contribution in [3.63, 3.8) is 0 Å². The highest BCUT2D eigenvalue weighted by atomic mass is 35.5. The molecule has 0 saturated carbocycles.